The number of methoxy groups -OCH3 is 1. The van der Waals surface area contributed by atoms with Crippen molar-refractivity contribution in [3.05, 3.63) is 14.7 Å². The Kier molecular flexibility index (Phi) is 5.06. The number of likely N-dealkylation sites (N-methyl/N-ethyl adjacent to an activating group) is 1. The summed E-state index contributed by atoms with van der Waals surface area (Å²) in [5.41, 5.74) is 0. The highest BCUT2D eigenvalue weighted by Gasteiger charge is 2.37. The van der Waals surface area contributed by atoms with Gasteiger partial charge >= 0.3 is 5.97 Å². The molecule has 0 saturated carbocycles. The number of halogens is 1. The van der Waals surface area contributed by atoms with Gasteiger partial charge in [-0.15, -0.1) is 11.3 Å². The summed E-state index contributed by atoms with van der Waals surface area (Å²) < 4.78 is 31.3. The average molecular weight is 399 g/mol. The number of aliphatic hydroxyl groups excluding tert-OH is 1. The second-order valence-electron chi connectivity index (χ2n) is 4.55. The number of rotatable bonds is 4. The molecule has 7 nitrogen and oxygen atoms in total. The van der Waals surface area contributed by atoms with Gasteiger partial charge in [0.15, 0.2) is 0 Å². The molecule has 0 unspecified atom stereocenters. The van der Waals surface area contributed by atoms with Crippen molar-refractivity contribution >= 4 is 43.3 Å². The number of carbonyl (C=O) groups excluding carboxylic acids is 1. The van der Waals surface area contributed by atoms with Crippen LogP contribution in [0, 0.1) is 0 Å². The Morgan fingerprint density at radius 2 is 2.24 bits per heavy atom. The number of thiophene rings is 1. The number of esters is 1. The molecule has 118 valence electrons. The molecule has 0 spiro atoms. The molecule has 1 aliphatic rings. The summed E-state index contributed by atoms with van der Waals surface area (Å²) in [5, 5.41) is 12.8. The molecule has 2 heterocycles. The molecule has 1 aliphatic heterocycles. The number of carbonyl (C=O) groups is 1. The fourth-order valence-electron chi connectivity index (χ4n) is 2.08. The maximum Gasteiger partial charge on any atom is 0.348 e. The largest absolute Gasteiger partial charge is 0.465 e. The molecule has 1 fully saturated rings. The third-order valence-electron chi connectivity index (χ3n) is 3.32. The lowest BCUT2D eigenvalue weighted by molar-refractivity contribution is 0.0606. The summed E-state index contributed by atoms with van der Waals surface area (Å²) in [4.78, 5) is 11.7. The van der Waals surface area contributed by atoms with E-state index >= 15 is 0 Å². The SMILES string of the molecule is COC(=O)c1cc(S(=O)(=O)N(C)[C@H]2CNC[C@@H]2O)c(Br)s1. The summed E-state index contributed by atoms with van der Waals surface area (Å²) in [6, 6.07) is 0.740. The smallest absolute Gasteiger partial charge is 0.348 e. The first-order valence-corrected chi connectivity index (χ1v) is 9.08. The normalized spacial score (nSPS) is 22.7. The molecule has 10 heteroatoms. The molecule has 1 saturated heterocycles. The van der Waals surface area contributed by atoms with Crippen LogP contribution in [0.2, 0.25) is 0 Å². The summed E-state index contributed by atoms with van der Waals surface area (Å²) in [7, 11) is -1.17. The number of β-amino-alcohol motifs (C(OH)–C–C–N with tert-alkyl or cyclic N) is 1. The molecule has 1 aromatic rings. The zero-order valence-corrected chi connectivity index (χ0v) is 14.6. The lowest BCUT2D eigenvalue weighted by Crippen LogP contribution is -2.44. The second-order valence-corrected chi connectivity index (χ2v) is 8.89. The van der Waals surface area contributed by atoms with Crippen LogP contribution in [-0.2, 0) is 14.8 Å². The standard InChI is InChI=1S/C11H15BrN2O5S2/c1-14(6-4-13-5-7(6)15)21(17,18)9-3-8(11(16)19-2)20-10(9)12/h3,6-7,13,15H,4-5H2,1-2H3/t6-,7-/m0/s1. The number of hydrogen-bond donors (Lipinski definition) is 2. The van der Waals surface area contributed by atoms with E-state index in [9.17, 15) is 18.3 Å². The van der Waals surface area contributed by atoms with Crippen LogP contribution in [0.15, 0.2) is 14.7 Å². The summed E-state index contributed by atoms with van der Waals surface area (Å²) in [6.45, 7) is 0.727. The van der Waals surface area contributed by atoms with Crippen molar-refractivity contribution in [1.82, 2.24) is 9.62 Å². The van der Waals surface area contributed by atoms with Crippen LogP contribution < -0.4 is 5.32 Å². The van der Waals surface area contributed by atoms with Crippen LogP contribution >= 0.6 is 27.3 Å². The Morgan fingerprint density at radius 1 is 1.57 bits per heavy atom. The predicted octanol–water partition coefficient (Wildman–Crippen LogP) is 0.250. The quantitative estimate of drug-likeness (QED) is 0.705. The molecule has 2 N–H and O–H groups in total. The van der Waals surface area contributed by atoms with Gasteiger partial charge in [0.1, 0.15) is 9.77 Å². The van der Waals surface area contributed by atoms with E-state index in [0.717, 1.165) is 15.6 Å². The van der Waals surface area contributed by atoms with Gasteiger partial charge in [0.05, 0.1) is 23.0 Å². The first-order chi connectivity index (χ1) is 9.78. The molecule has 21 heavy (non-hydrogen) atoms. The maximum atomic E-state index is 12.6. The highest BCUT2D eigenvalue weighted by atomic mass is 79.9. The van der Waals surface area contributed by atoms with Crippen molar-refractivity contribution in [2.24, 2.45) is 0 Å². The van der Waals surface area contributed by atoms with Crippen molar-refractivity contribution in [1.29, 1.82) is 0 Å². The Hall–Kier alpha value is -0.520. The van der Waals surface area contributed by atoms with E-state index in [-0.39, 0.29) is 9.77 Å². The third-order valence-corrected chi connectivity index (χ3v) is 7.43. The Bertz CT molecular complexity index is 645. The topological polar surface area (TPSA) is 95.9 Å². The maximum absolute atomic E-state index is 12.6. The van der Waals surface area contributed by atoms with Crippen molar-refractivity contribution in [3.8, 4) is 0 Å². The first-order valence-electron chi connectivity index (χ1n) is 6.03. The second kappa shape index (κ2) is 6.31. The average Bonchev–Trinajstić information content (AvgIpc) is 3.03. The van der Waals surface area contributed by atoms with Crippen LogP contribution in [0.1, 0.15) is 9.67 Å². The molecular weight excluding hydrogens is 384 g/mol. The Morgan fingerprint density at radius 3 is 2.76 bits per heavy atom. The van der Waals surface area contributed by atoms with E-state index in [4.69, 9.17) is 0 Å². The van der Waals surface area contributed by atoms with Crippen LogP contribution in [-0.4, -0.2) is 63.2 Å². The zero-order chi connectivity index (χ0) is 15.8. The number of hydrogen-bond acceptors (Lipinski definition) is 7. The van der Waals surface area contributed by atoms with Crippen LogP contribution in [0.5, 0.6) is 0 Å². The van der Waals surface area contributed by atoms with Crippen molar-refractivity contribution in [3.63, 3.8) is 0 Å². The Balaban J connectivity index is 2.35. The van der Waals surface area contributed by atoms with Crippen LogP contribution in [0.3, 0.4) is 0 Å². The minimum atomic E-state index is -3.82. The van der Waals surface area contributed by atoms with Crippen LogP contribution in [0.25, 0.3) is 0 Å². The summed E-state index contributed by atoms with van der Waals surface area (Å²) in [6.07, 6.45) is -0.762. The molecule has 0 bridgehead atoms. The van der Waals surface area contributed by atoms with Gasteiger partial charge in [-0.2, -0.15) is 4.31 Å². The molecule has 2 rings (SSSR count). The van der Waals surface area contributed by atoms with Gasteiger partial charge in [-0.1, -0.05) is 0 Å². The predicted molar refractivity (Wildman–Crippen MR) is 81.0 cm³/mol. The van der Waals surface area contributed by atoms with E-state index < -0.39 is 28.1 Å². The fraction of sp³-hybridized carbons (Fsp3) is 0.545. The van der Waals surface area contributed by atoms with Gasteiger partial charge in [-0.05, 0) is 22.0 Å². The fourth-order valence-corrected chi connectivity index (χ4v) is 5.90. The molecule has 1 aromatic heterocycles. The molecule has 0 amide bonds. The van der Waals surface area contributed by atoms with Gasteiger partial charge in [-0.25, -0.2) is 13.2 Å². The van der Waals surface area contributed by atoms with Gasteiger partial charge in [-0.3, -0.25) is 0 Å². The minimum absolute atomic E-state index is 0.00509. The van der Waals surface area contributed by atoms with E-state index in [0.29, 0.717) is 16.9 Å². The highest BCUT2D eigenvalue weighted by molar-refractivity contribution is 9.11. The van der Waals surface area contributed by atoms with Gasteiger partial charge in [0.2, 0.25) is 10.0 Å². The highest BCUT2D eigenvalue weighted by Crippen LogP contribution is 2.34. The molecule has 0 aliphatic carbocycles. The number of aliphatic hydroxyl groups is 1. The number of nitrogens with one attached hydrogen (secondary N) is 1. The third kappa shape index (κ3) is 3.15. The van der Waals surface area contributed by atoms with Crippen molar-refractivity contribution in [2.45, 2.75) is 17.0 Å². The van der Waals surface area contributed by atoms with E-state index in [2.05, 4.69) is 26.0 Å². The minimum Gasteiger partial charge on any atom is -0.465 e. The molecule has 0 aromatic carbocycles. The monoisotopic (exact) mass is 398 g/mol. The first kappa shape index (κ1) is 16.8. The van der Waals surface area contributed by atoms with Crippen molar-refractivity contribution < 1.29 is 23.1 Å². The lowest BCUT2D eigenvalue weighted by atomic mass is 10.2. The molecular formula is C11H15BrN2O5S2. The zero-order valence-electron chi connectivity index (χ0n) is 11.4. The Labute approximate surface area is 135 Å². The van der Waals surface area contributed by atoms with E-state index in [1.807, 2.05) is 0 Å². The van der Waals surface area contributed by atoms with Gasteiger partial charge in [0.25, 0.3) is 0 Å². The van der Waals surface area contributed by atoms with E-state index in [1.54, 1.807) is 0 Å². The van der Waals surface area contributed by atoms with Crippen LogP contribution in [0.4, 0.5) is 0 Å². The van der Waals surface area contributed by atoms with E-state index in [1.165, 1.54) is 20.2 Å². The number of sulfonamides is 1. The van der Waals surface area contributed by atoms with Crippen molar-refractivity contribution in [2.75, 3.05) is 27.2 Å². The summed E-state index contributed by atoms with van der Waals surface area (Å²) >= 11 is 4.16. The molecule has 2 atom stereocenters. The molecule has 0 radical (unpaired) electrons. The lowest BCUT2D eigenvalue weighted by Gasteiger charge is -2.25. The van der Waals surface area contributed by atoms with Gasteiger partial charge in [0, 0.05) is 20.1 Å². The number of ether oxygens (including phenoxy) is 1. The summed E-state index contributed by atoms with van der Waals surface area (Å²) in [5.74, 6) is -0.590. The number of nitrogens with zero attached hydrogens (tertiary/aromatic N) is 1. The van der Waals surface area contributed by atoms with Gasteiger partial charge < -0.3 is 15.2 Å².